The van der Waals surface area contributed by atoms with Gasteiger partial charge in [-0.2, -0.15) is 0 Å². The van der Waals surface area contributed by atoms with Crippen molar-refractivity contribution >= 4 is 17.4 Å². The number of rotatable bonds is 9. The zero-order valence-electron chi connectivity index (χ0n) is 18.9. The lowest BCUT2D eigenvalue weighted by molar-refractivity contribution is 0.144. The van der Waals surface area contributed by atoms with Crippen LogP contribution in [0, 0.1) is 5.82 Å². The monoisotopic (exact) mass is 445 g/mol. The number of urea groups is 1. The van der Waals surface area contributed by atoms with Crippen LogP contribution in [0.3, 0.4) is 0 Å². The molecule has 3 rings (SSSR count). The van der Waals surface area contributed by atoms with Gasteiger partial charge in [0.05, 0.1) is 24.5 Å². The van der Waals surface area contributed by atoms with Gasteiger partial charge in [-0.3, -0.25) is 0 Å². The Morgan fingerprint density at radius 1 is 1.19 bits per heavy atom. The normalized spacial score (nSPS) is 15.3. The number of anilines is 2. The Balaban J connectivity index is 1.61. The number of ether oxygens (including phenoxy) is 2. The fraction of sp³-hybridized carbons (Fsp3) is 0.478. The van der Waals surface area contributed by atoms with Gasteiger partial charge in [0.1, 0.15) is 12.4 Å². The summed E-state index contributed by atoms with van der Waals surface area (Å²) >= 11 is 0. The molecular weight excluding hydrogens is 413 g/mol. The van der Waals surface area contributed by atoms with Crippen molar-refractivity contribution < 1.29 is 18.7 Å². The summed E-state index contributed by atoms with van der Waals surface area (Å²) in [5.41, 5.74) is 2.24. The Morgan fingerprint density at radius 3 is 2.62 bits per heavy atom. The molecule has 8 nitrogen and oxygen atoms in total. The predicted octanol–water partition coefficient (Wildman–Crippen LogP) is 3.27. The Morgan fingerprint density at radius 2 is 1.97 bits per heavy atom. The number of amides is 2. The Kier molecular flexibility index (Phi) is 8.64. The zero-order valence-corrected chi connectivity index (χ0v) is 18.9. The number of hydrogen-bond acceptors (Lipinski definition) is 6. The van der Waals surface area contributed by atoms with Crippen LogP contribution in [-0.4, -0.2) is 69.0 Å². The van der Waals surface area contributed by atoms with E-state index in [1.807, 2.05) is 6.92 Å². The van der Waals surface area contributed by atoms with Gasteiger partial charge in [-0.05, 0) is 37.7 Å². The van der Waals surface area contributed by atoms with Crippen molar-refractivity contribution in [1.82, 2.24) is 15.2 Å². The van der Waals surface area contributed by atoms with Crippen LogP contribution in [0.25, 0.3) is 0 Å². The maximum atomic E-state index is 14.0. The Bertz CT molecular complexity index is 872. The quantitative estimate of drug-likeness (QED) is 0.577. The topological polar surface area (TPSA) is 79.0 Å². The van der Waals surface area contributed by atoms with Gasteiger partial charge in [-0.25, -0.2) is 14.2 Å². The van der Waals surface area contributed by atoms with Crippen LogP contribution < -0.4 is 20.3 Å². The number of nitrogens with one attached hydrogen (secondary N) is 2. The molecule has 0 aliphatic carbocycles. The highest BCUT2D eigenvalue weighted by Gasteiger charge is 2.22. The summed E-state index contributed by atoms with van der Waals surface area (Å²) in [4.78, 5) is 21.3. The number of hydrogen-bond donors (Lipinski definition) is 2. The molecule has 1 unspecified atom stereocenters. The lowest BCUT2D eigenvalue weighted by Gasteiger charge is -2.37. The fourth-order valence-electron chi connectivity index (χ4n) is 3.68. The van der Waals surface area contributed by atoms with Gasteiger partial charge in [0.2, 0.25) is 5.88 Å². The number of carbonyl (C=O) groups is 1. The minimum Gasteiger partial charge on any atom is -0.475 e. The minimum atomic E-state index is -0.390. The number of piperazine rings is 1. The summed E-state index contributed by atoms with van der Waals surface area (Å²) in [5.74, 6) is 0.132. The molecule has 2 amide bonds. The second kappa shape index (κ2) is 11.6. The first kappa shape index (κ1) is 23.7. The lowest BCUT2D eigenvalue weighted by atomic mass is 10.0. The van der Waals surface area contributed by atoms with Crippen LogP contribution in [0.15, 0.2) is 36.5 Å². The van der Waals surface area contributed by atoms with Gasteiger partial charge >= 0.3 is 6.03 Å². The van der Waals surface area contributed by atoms with Crippen molar-refractivity contribution in [2.45, 2.75) is 19.9 Å². The lowest BCUT2D eigenvalue weighted by Crippen LogP contribution is -2.46. The van der Waals surface area contributed by atoms with E-state index in [4.69, 9.17) is 9.47 Å². The van der Waals surface area contributed by atoms with E-state index in [0.717, 1.165) is 44.0 Å². The first-order valence-electron chi connectivity index (χ1n) is 10.9. The predicted molar refractivity (Wildman–Crippen MR) is 123 cm³/mol. The van der Waals surface area contributed by atoms with Crippen molar-refractivity contribution in [2.75, 3.05) is 63.3 Å². The van der Waals surface area contributed by atoms with E-state index < -0.39 is 6.03 Å². The van der Waals surface area contributed by atoms with Crippen LogP contribution in [0.5, 0.6) is 5.88 Å². The minimum absolute atomic E-state index is 0.321. The summed E-state index contributed by atoms with van der Waals surface area (Å²) in [7, 11) is 1.60. The van der Waals surface area contributed by atoms with Gasteiger partial charge in [-0.1, -0.05) is 6.92 Å². The van der Waals surface area contributed by atoms with Crippen molar-refractivity contribution in [1.29, 1.82) is 0 Å². The number of benzene rings is 1. The number of carbonyl (C=O) groups excluding carboxylic acids is 1. The van der Waals surface area contributed by atoms with E-state index >= 15 is 0 Å². The first-order chi connectivity index (χ1) is 15.5. The van der Waals surface area contributed by atoms with Gasteiger partial charge in [0.25, 0.3) is 0 Å². The van der Waals surface area contributed by atoms with E-state index in [1.54, 1.807) is 25.3 Å². The number of aromatic nitrogens is 1. The second-order valence-electron chi connectivity index (χ2n) is 7.67. The molecule has 1 aliphatic rings. The van der Waals surface area contributed by atoms with Crippen molar-refractivity contribution in [3.63, 3.8) is 0 Å². The van der Waals surface area contributed by atoms with Crippen molar-refractivity contribution in [3.05, 3.63) is 47.9 Å². The summed E-state index contributed by atoms with van der Waals surface area (Å²) in [6.07, 6.45) is 1.52. The molecule has 1 aliphatic heterocycles. The summed E-state index contributed by atoms with van der Waals surface area (Å²) in [5, 5.41) is 5.66. The van der Waals surface area contributed by atoms with Crippen LogP contribution in [0.4, 0.5) is 20.6 Å². The third-order valence-corrected chi connectivity index (χ3v) is 5.50. The summed E-state index contributed by atoms with van der Waals surface area (Å²) in [6, 6.07) is 7.39. The molecule has 2 N–H and O–H groups in total. The summed E-state index contributed by atoms with van der Waals surface area (Å²) in [6.45, 7) is 9.58. The molecule has 0 bridgehead atoms. The van der Waals surface area contributed by atoms with Crippen LogP contribution >= 0.6 is 0 Å². The molecule has 9 heteroatoms. The molecule has 174 valence electrons. The van der Waals surface area contributed by atoms with Crippen molar-refractivity contribution in [2.24, 2.45) is 0 Å². The zero-order chi connectivity index (χ0) is 22.9. The number of methoxy groups -OCH3 is 1. The molecule has 2 heterocycles. The molecule has 32 heavy (non-hydrogen) atoms. The number of halogens is 1. The van der Waals surface area contributed by atoms with Crippen LogP contribution in [-0.2, 0) is 4.74 Å². The molecule has 1 atom stereocenters. The molecular formula is C23H32FN5O3. The number of nitrogens with zero attached hydrogens (tertiary/aromatic N) is 3. The number of likely N-dealkylation sites (N-methyl/N-ethyl adjacent to an activating group) is 1. The average Bonchev–Trinajstić information content (AvgIpc) is 2.80. The second-order valence-corrected chi connectivity index (χ2v) is 7.67. The van der Waals surface area contributed by atoms with E-state index in [9.17, 15) is 9.18 Å². The molecule has 1 fully saturated rings. The van der Waals surface area contributed by atoms with Crippen LogP contribution in [0.1, 0.15) is 25.5 Å². The molecule has 0 radical (unpaired) electrons. The number of pyridine rings is 1. The molecule has 2 aromatic rings. The van der Waals surface area contributed by atoms with Gasteiger partial charge in [0.15, 0.2) is 0 Å². The standard InChI is InChI=1S/C23H32FN5O3/c1-4-28-9-11-29(12-10-28)21-7-5-18(24)15-20(21)17(2)26-23(30)27-19-6-8-22(25-16-19)32-14-13-31-3/h5-8,15-17H,4,9-14H2,1-3H3,(H2,26,27,30). The average molecular weight is 446 g/mol. The summed E-state index contributed by atoms with van der Waals surface area (Å²) < 4.78 is 24.4. The highest BCUT2D eigenvalue weighted by Crippen LogP contribution is 2.28. The SMILES string of the molecule is CCN1CCN(c2ccc(F)cc2C(C)NC(=O)Nc2ccc(OCCOC)nc2)CC1. The highest BCUT2D eigenvalue weighted by atomic mass is 19.1. The van der Waals surface area contributed by atoms with E-state index in [1.165, 1.54) is 18.3 Å². The Hall–Kier alpha value is -2.91. The maximum absolute atomic E-state index is 14.0. The van der Waals surface area contributed by atoms with Gasteiger partial charge in [-0.15, -0.1) is 0 Å². The first-order valence-corrected chi connectivity index (χ1v) is 10.9. The van der Waals surface area contributed by atoms with E-state index in [0.29, 0.717) is 24.8 Å². The largest absolute Gasteiger partial charge is 0.475 e. The highest BCUT2D eigenvalue weighted by molar-refractivity contribution is 5.89. The molecule has 1 aromatic heterocycles. The maximum Gasteiger partial charge on any atom is 0.319 e. The fourth-order valence-corrected chi connectivity index (χ4v) is 3.68. The molecule has 0 spiro atoms. The third-order valence-electron chi connectivity index (χ3n) is 5.50. The molecule has 0 saturated carbocycles. The molecule has 1 saturated heterocycles. The smallest absolute Gasteiger partial charge is 0.319 e. The Labute approximate surface area is 188 Å². The third kappa shape index (κ3) is 6.54. The van der Waals surface area contributed by atoms with Crippen LogP contribution in [0.2, 0.25) is 0 Å². The van der Waals surface area contributed by atoms with E-state index in [-0.39, 0.29) is 11.9 Å². The van der Waals surface area contributed by atoms with Gasteiger partial charge < -0.3 is 29.9 Å². The molecule has 1 aromatic carbocycles. The van der Waals surface area contributed by atoms with Gasteiger partial charge in [0, 0.05) is 50.6 Å². The van der Waals surface area contributed by atoms with E-state index in [2.05, 4.69) is 32.3 Å². The van der Waals surface area contributed by atoms with Crippen molar-refractivity contribution in [3.8, 4) is 5.88 Å².